The molecule has 0 aliphatic carbocycles. The lowest BCUT2D eigenvalue weighted by molar-refractivity contribution is 0.0810. The summed E-state index contributed by atoms with van der Waals surface area (Å²) in [4.78, 5) is 2.21. The minimum absolute atomic E-state index is 1.08. The van der Waals surface area contributed by atoms with Gasteiger partial charge in [-0.15, -0.1) is 0 Å². The summed E-state index contributed by atoms with van der Waals surface area (Å²) < 4.78 is 0. The number of nitrogens with one attached hydrogen (secondary N) is 2. The van der Waals surface area contributed by atoms with E-state index in [1.54, 1.807) is 0 Å². The Morgan fingerprint density at radius 1 is 1.25 bits per heavy atom. The molecule has 0 aromatic carbocycles. The summed E-state index contributed by atoms with van der Waals surface area (Å²) in [5, 5.41) is 2.10. The van der Waals surface area contributed by atoms with E-state index in [4.69, 9.17) is 0 Å². The van der Waals surface area contributed by atoms with Gasteiger partial charge in [0.1, 0.15) is 0 Å². The van der Waals surface area contributed by atoms with Gasteiger partial charge in [-0.05, 0) is 33.5 Å². The smallest absolute Gasteiger partial charge is 0.0300 e. The number of rotatable bonds is 4. The molecule has 12 heavy (non-hydrogen) atoms. The van der Waals surface area contributed by atoms with E-state index < -0.39 is 0 Å². The molecule has 1 fully saturated rings. The molecule has 0 radical (unpaired) electrons. The second-order valence-corrected chi connectivity index (χ2v) is 3.48. The molecule has 0 atom stereocenters. The van der Waals surface area contributed by atoms with Crippen LogP contribution in [0.15, 0.2) is 0 Å². The summed E-state index contributed by atoms with van der Waals surface area (Å²) in [5.41, 5.74) is 6.59. The van der Waals surface area contributed by atoms with Gasteiger partial charge >= 0.3 is 0 Å². The maximum absolute atomic E-state index is 3.30. The lowest BCUT2D eigenvalue weighted by atomic mass is 10.4. The molecule has 0 aromatic heterocycles. The van der Waals surface area contributed by atoms with Crippen molar-refractivity contribution in [2.45, 2.75) is 12.8 Å². The van der Waals surface area contributed by atoms with Crippen molar-refractivity contribution in [2.24, 2.45) is 0 Å². The van der Waals surface area contributed by atoms with Gasteiger partial charge in [0.05, 0.1) is 0 Å². The van der Waals surface area contributed by atoms with Crippen LogP contribution < -0.4 is 10.9 Å². The number of hydrogen-bond acceptors (Lipinski definition) is 4. The number of hydrogen-bond donors (Lipinski definition) is 2. The lowest BCUT2D eigenvalue weighted by Gasteiger charge is -2.28. The maximum Gasteiger partial charge on any atom is 0.0300 e. The van der Waals surface area contributed by atoms with Crippen LogP contribution in [0, 0.1) is 0 Å². The Balaban J connectivity index is 1.98. The Bertz CT molecular complexity index is 110. The van der Waals surface area contributed by atoms with E-state index in [-0.39, 0.29) is 0 Å². The minimum atomic E-state index is 1.08. The van der Waals surface area contributed by atoms with Crippen LogP contribution in [0.25, 0.3) is 0 Å². The van der Waals surface area contributed by atoms with E-state index in [0.29, 0.717) is 0 Å². The Labute approximate surface area is 74.8 Å². The third kappa shape index (κ3) is 4.01. The van der Waals surface area contributed by atoms with Gasteiger partial charge in [-0.3, -0.25) is 0 Å². The summed E-state index contributed by atoms with van der Waals surface area (Å²) in [6.45, 7) is 4.45. The molecule has 1 saturated heterocycles. The maximum atomic E-state index is 3.30. The topological polar surface area (TPSA) is 30.5 Å². The van der Waals surface area contributed by atoms with Crippen molar-refractivity contribution in [2.75, 3.05) is 40.3 Å². The Morgan fingerprint density at radius 3 is 2.50 bits per heavy atom. The fraction of sp³-hybridized carbons (Fsp3) is 1.00. The molecule has 1 rings (SSSR count). The molecule has 0 amide bonds. The Hall–Kier alpha value is -0.160. The second-order valence-electron chi connectivity index (χ2n) is 3.48. The van der Waals surface area contributed by atoms with Crippen molar-refractivity contribution in [3.05, 3.63) is 0 Å². The van der Waals surface area contributed by atoms with Crippen LogP contribution in [0.2, 0.25) is 0 Å². The first-order valence-electron chi connectivity index (χ1n) is 4.68. The standard InChI is InChI=1S/C8H20N4/c1-11(2)7-4-8-12-9-5-3-6-10-12/h9-10H,3-8H2,1-2H3. The highest BCUT2D eigenvalue weighted by Crippen LogP contribution is 1.90. The summed E-state index contributed by atoms with van der Waals surface area (Å²) in [5.74, 6) is 0. The predicted octanol–water partition coefficient (Wildman–Crippen LogP) is -0.347. The molecular formula is C8H20N4. The minimum Gasteiger partial charge on any atom is -0.309 e. The highest BCUT2D eigenvalue weighted by Gasteiger charge is 2.06. The van der Waals surface area contributed by atoms with Gasteiger partial charge < -0.3 is 4.90 Å². The van der Waals surface area contributed by atoms with Crippen LogP contribution >= 0.6 is 0 Å². The molecule has 72 valence electrons. The predicted molar refractivity (Wildman–Crippen MR) is 50.5 cm³/mol. The van der Waals surface area contributed by atoms with Gasteiger partial charge in [-0.25, -0.2) is 10.9 Å². The highest BCUT2D eigenvalue weighted by atomic mass is 15.7. The zero-order valence-electron chi connectivity index (χ0n) is 8.14. The van der Waals surface area contributed by atoms with Crippen molar-refractivity contribution in [3.8, 4) is 0 Å². The van der Waals surface area contributed by atoms with E-state index in [9.17, 15) is 0 Å². The fourth-order valence-corrected chi connectivity index (χ4v) is 1.28. The van der Waals surface area contributed by atoms with Crippen molar-refractivity contribution in [3.63, 3.8) is 0 Å². The molecule has 0 bridgehead atoms. The van der Waals surface area contributed by atoms with Gasteiger partial charge in [-0.2, -0.15) is 5.12 Å². The quantitative estimate of drug-likeness (QED) is 0.607. The zero-order valence-corrected chi connectivity index (χ0v) is 8.14. The largest absolute Gasteiger partial charge is 0.309 e. The van der Waals surface area contributed by atoms with Crippen LogP contribution in [0.1, 0.15) is 12.8 Å². The van der Waals surface area contributed by atoms with Crippen LogP contribution in [-0.2, 0) is 0 Å². The van der Waals surface area contributed by atoms with E-state index in [1.165, 1.54) is 12.8 Å². The average molecular weight is 172 g/mol. The molecular weight excluding hydrogens is 152 g/mol. The first-order valence-corrected chi connectivity index (χ1v) is 4.68. The number of hydrazine groups is 2. The summed E-state index contributed by atoms with van der Waals surface area (Å²) in [7, 11) is 4.22. The van der Waals surface area contributed by atoms with Crippen LogP contribution in [0.4, 0.5) is 0 Å². The van der Waals surface area contributed by atoms with Crippen LogP contribution in [0.3, 0.4) is 0 Å². The molecule has 2 N–H and O–H groups in total. The summed E-state index contributed by atoms with van der Waals surface area (Å²) in [6, 6.07) is 0. The summed E-state index contributed by atoms with van der Waals surface area (Å²) in [6.07, 6.45) is 2.43. The zero-order chi connectivity index (χ0) is 8.81. The molecule has 1 heterocycles. The molecule has 1 aliphatic heterocycles. The first-order chi connectivity index (χ1) is 5.79. The monoisotopic (exact) mass is 172 g/mol. The van der Waals surface area contributed by atoms with Crippen LogP contribution in [0.5, 0.6) is 0 Å². The van der Waals surface area contributed by atoms with Crippen molar-refractivity contribution in [1.82, 2.24) is 20.9 Å². The normalized spacial score (nSPS) is 20.2. The molecule has 4 heteroatoms. The highest BCUT2D eigenvalue weighted by molar-refractivity contribution is 4.56. The molecule has 4 nitrogen and oxygen atoms in total. The SMILES string of the molecule is CN(C)CCCN1NCCCN1. The fourth-order valence-electron chi connectivity index (χ4n) is 1.28. The van der Waals surface area contributed by atoms with Gasteiger partial charge in [-0.1, -0.05) is 0 Å². The molecule has 0 unspecified atom stereocenters. The van der Waals surface area contributed by atoms with Gasteiger partial charge in [0.25, 0.3) is 0 Å². The first kappa shape index (κ1) is 9.92. The van der Waals surface area contributed by atoms with Gasteiger partial charge in [0.15, 0.2) is 0 Å². The van der Waals surface area contributed by atoms with Crippen molar-refractivity contribution in [1.29, 1.82) is 0 Å². The van der Waals surface area contributed by atoms with Crippen molar-refractivity contribution >= 4 is 0 Å². The summed E-state index contributed by atoms with van der Waals surface area (Å²) >= 11 is 0. The molecule has 0 spiro atoms. The average Bonchev–Trinajstić information content (AvgIpc) is 2.05. The van der Waals surface area contributed by atoms with Gasteiger partial charge in [0, 0.05) is 19.6 Å². The lowest BCUT2D eigenvalue weighted by Crippen LogP contribution is -2.53. The van der Waals surface area contributed by atoms with E-state index in [2.05, 4.69) is 35.0 Å². The van der Waals surface area contributed by atoms with Crippen molar-refractivity contribution < 1.29 is 0 Å². The van der Waals surface area contributed by atoms with E-state index in [0.717, 1.165) is 26.2 Å². The molecule has 0 aromatic rings. The molecule has 0 saturated carbocycles. The number of nitrogens with zero attached hydrogens (tertiary/aromatic N) is 2. The second kappa shape index (κ2) is 5.48. The van der Waals surface area contributed by atoms with Crippen LogP contribution in [-0.4, -0.2) is 50.3 Å². The van der Waals surface area contributed by atoms with E-state index in [1.807, 2.05) is 0 Å². The molecule has 1 aliphatic rings. The van der Waals surface area contributed by atoms with E-state index >= 15 is 0 Å². The Morgan fingerprint density at radius 2 is 1.92 bits per heavy atom. The van der Waals surface area contributed by atoms with Gasteiger partial charge in [0.2, 0.25) is 0 Å². The third-order valence-corrected chi connectivity index (χ3v) is 1.95. The Kier molecular flexibility index (Phi) is 4.53. The third-order valence-electron chi connectivity index (χ3n) is 1.95.